The van der Waals surface area contributed by atoms with Crippen LogP contribution in [0.25, 0.3) is 0 Å². The third-order valence-electron chi connectivity index (χ3n) is 2.55. The molecule has 0 radical (unpaired) electrons. The first-order valence-electron chi connectivity index (χ1n) is 5.81. The van der Waals surface area contributed by atoms with Gasteiger partial charge in [-0.1, -0.05) is 23.2 Å². The minimum Gasteiger partial charge on any atom is -0.477 e. The SMILES string of the molecule is Cc1nc(CC(=O)Nc2ccc(Cl)cc2Cl)sc1C(=O)O. The molecule has 0 aliphatic carbocycles. The van der Waals surface area contributed by atoms with E-state index < -0.39 is 5.97 Å². The second-order valence-corrected chi connectivity index (χ2v) is 6.10. The molecule has 0 spiro atoms. The van der Waals surface area contributed by atoms with Crippen molar-refractivity contribution in [2.24, 2.45) is 0 Å². The highest BCUT2D eigenvalue weighted by molar-refractivity contribution is 7.13. The van der Waals surface area contributed by atoms with Gasteiger partial charge < -0.3 is 10.4 Å². The van der Waals surface area contributed by atoms with Crippen LogP contribution >= 0.6 is 34.5 Å². The summed E-state index contributed by atoms with van der Waals surface area (Å²) in [6.07, 6.45) is -0.0161. The first-order chi connectivity index (χ1) is 9.86. The van der Waals surface area contributed by atoms with Crippen molar-refractivity contribution in [3.8, 4) is 0 Å². The summed E-state index contributed by atoms with van der Waals surface area (Å²) in [7, 11) is 0. The van der Waals surface area contributed by atoms with Gasteiger partial charge in [-0.15, -0.1) is 11.3 Å². The number of nitrogens with zero attached hydrogens (tertiary/aromatic N) is 1. The summed E-state index contributed by atoms with van der Waals surface area (Å²) < 4.78 is 0. The largest absolute Gasteiger partial charge is 0.477 e. The van der Waals surface area contributed by atoms with Gasteiger partial charge in [0.2, 0.25) is 5.91 Å². The highest BCUT2D eigenvalue weighted by Gasteiger charge is 2.16. The number of thiazole rings is 1. The molecule has 110 valence electrons. The zero-order valence-electron chi connectivity index (χ0n) is 10.8. The standard InChI is InChI=1S/C13H10Cl2N2O3S/c1-6-12(13(19)20)21-11(16-6)5-10(18)17-9-3-2-7(14)4-8(9)15/h2-4H,5H2,1H3,(H,17,18)(H,19,20). The number of aromatic nitrogens is 1. The molecule has 0 aliphatic rings. The molecular weight excluding hydrogens is 335 g/mol. The third-order valence-corrected chi connectivity index (χ3v) is 4.25. The van der Waals surface area contributed by atoms with Crippen molar-refractivity contribution in [2.75, 3.05) is 5.32 Å². The summed E-state index contributed by atoms with van der Waals surface area (Å²) in [4.78, 5) is 27.1. The van der Waals surface area contributed by atoms with Crippen LogP contribution in [0.5, 0.6) is 0 Å². The topological polar surface area (TPSA) is 79.3 Å². The zero-order chi connectivity index (χ0) is 15.6. The molecule has 1 heterocycles. The first-order valence-corrected chi connectivity index (χ1v) is 7.38. The van der Waals surface area contributed by atoms with Crippen LogP contribution in [0.1, 0.15) is 20.4 Å². The van der Waals surface area contributed by atoms with E-state index in [1.165, 1.54) is 6.07 Å². The highest BCUT2D eigenvalue weighted by atomic mass is 35.5. The molecule has 0 aliphatic heterocycles. The Balaban J connectivity index is 2.08. The molecule has 1 amide bonds. The summed E-state index contributed by atoms with van der Waals surface area (Å²) >= 11 is 12.7. The highest BCUT2D eigenvalue weighted by Crippen LogP contribution is 2.26. The van der Waals surface area contributed by atoms with E-state index in [1.807, 2.05) is 0 Å². The Kier molecular flexibility index (Phi) is 4.82. The molecule has 0 atom stereocenters. The number of rotatable bonds is 4. The number of carbonyl (C=O) groups excluding carboxylic acids is 1. The summed E-state index contributed by atoms with van der Waals surface area (Å²) in [6.45, 7) is 1.59. The Labute approximate surface area is 134 Å². The Morgan fingerprint density at radius 2 is 2.10 bits per heavy atom. The van der Waals surface area contributed by atoms with E-state index in [-0.39, 0.29) is 17.2 Å². The molecule has 0 bridgehead atoms. The molecule has 1 aromatic carbocycles. The van der Waals surface area contributed by atoms with Gasteiger partial charge in [0.1, 0.15) is 9.88 Å². The van der Waals surface area contributed by atoms with E-state index in [9.17, 15) is 9.59 Å². The van der Waals surface area contributed by atoms with Gasteiger partial charge in [-0.2, -0.15) is 0 Å². The average Bonchev–Trinajstić information content (AvgIpc) is 2.74. The average molecular weight is 345 g/mol. The fraction of sp³-hybridized carbons (Fsp3) is 0.154. The van der Waals surface area contributed by atoms with Crippen LogP contribution in [0.3, 0.4) is 0 Å². The van der Waals surface area contributed by atoms with Gasteiger partial charge in [-0.3, -0.25) is 4.79 Å². The lowest BCUT2D eigenvalue weighted by Crippen LogP contribution is -2.14. The lowest BCUT2D eigenvalue weighted by atomic mass is 10.3. The minimum absolute atomic E-state index is 0.0161. The van der Waals surface area contributed by atoms with E-state index in [4.69, 9.17) is 28.3 Å². The molecule has 2 N–H and O–H groups in total. The van der Waals surface area contributed by atoms with Gasteiger partial charge in [0, 0.05) is 5.02 Å². The molecule has 5 nitrogen and oxygen atoms in total. The summed E-state index contributed by atoms with van der Waals surface area (Å²) in [6, 6.07) is 4.73. The zero-order valence-corrected chi connectivity index (χ0v) is 13.1. The summed E-state index contributed by atoms with van der Waals surface area (Å²) in [5.41, 5.74) is 0.845. The number of carbonyl (C=O) groups is 2. The van der Waals surface area contributed by atoms with Gasteiger partial charge in [-0.25, -0.2) is 9.78 Å². The number of anilines is 1. The fourth-order valence-electron chi connectivity index (χ4n) is 1.65. The number of nitrogens with one attached hydrogen (secondary N) is 1. The Morgan fingerprint density at radius 3 is 2.67 bits per heavy atom. The van der Waals surface area contributed by atoms with Gasteiger partial charge in [-0.05, 0) is 25.1 Å². The van der Waals surface area contributed by atoms with Crippen molar-refractivity contribution in [3.05, 3.63) is 43.8 Å². The Bertz CT molecular complexity index is 715. The lowest BCUT2D eigenvalue weighted by Gasteiger charge is -2.06. The molecule has 0 fully saturated rings. The van der Waals surface area contributed by atoms with Crippen molar-refractivity contribution in [1.29, 1.82) is 0 Å². The van der Waals surface area contributed by atoms with E-state index in [2.05, 4.69) is 10.3 Å². The van der Waals surface area contributed by atoms with E-state index in [0.717, 1.165) is 11.3 Å². The monoisotopic (exact) mass is 344 g/mol. The third kappa shape index (κ3) is 3.93. The number of hydrogen-bond acceptors (Lipinski definition) is 4. The first kappa shape index (κ1) is 15.8. The van der Waals surface area contributed by atoms with Crippen LogP contribution in [0, 0.1) is 6.92 Å². The van der Waals surface area contributed by atoms with Gasteiger partial charge in [0.25, 0.3) is 0 Å². The van der Waals surface area contributed by atoms with E-state index in [1.54, 1.807) is 19.1 Å². The smallest absolute Gasteiger partial charge is 0.347 e. The maximum absolute atomic E-state index is 11.9. The molecule has 21 heavy (non-hydrogen) atoms. The van der Waals surface area contributed by atoms with Gasteiger partial charge in [0.05, 0.1) is 22.8 Å². The maximum atomic E-state index is 11.9. The van der Waals surface area contributed by atoms with Crippen molar-refractivity contribution in [3.63, 3.8) is 0 Å². The van der Waals surface area contributed by atoms with Crippen LogP contribution in [0.15, 0.2) is 18.2 Å². The number of aryl methyl sites for hydroxylation is 1. The molecule has 0 saturated carbocycles. The van der Waals surface area contributed by atoms with Crippen LogP contribution in [-0.4, -0.2) is 22.0 Å². The molecule has 0 saturated heterocycles. The normalized spacial score (nSPS) is 10.4. The van der Waals surface area contributed by atoms with Crippen molar-refractivity contribution >= 4 is 52.1 Å². The molecular formula is C13H10Cl2N2O3S. The molecule has 2 rings (SSSR count). The second kappa shape index (κ2) is 6.43. The van der Waals surface area contributed by atoms with Crippen molar-refractivity contribution in [2.45, 2.75) is 13.3 Å². The van der Waals surface area contributed by atoms with Gasteiger partial charge in [0.15, 0.2) is 0 Å². The van der Waals surface area contributed by atoms with Crippen LogP contribution in [0.4, 0.5) is 5.69 Å². The van der Waals surface area contributed by atoms with E-state index >= 15 is 0 Å². The van der Waals surface area contributed by atoms with Crippen molar-refractivity contribution < 1.29 is 14.7 Å². The molecule has 1 aromatic heterocycles. The van der Waals surface area contributed by atoms with Crippen LogP contribution in [0.2, 0.25) is 10.0 Å². The second-order valence-electron chi connectivity index (χ2n) is 4.18. The number of benzene rings is 1. The minimum atomic E-state index is -1.04. The number of hydrogen-bond donors (Lipinski definition) is 2. The van der Waals surface area contributed by atoms with Crippen molar-refractivity contribution in [1.82, 2.24) is 4.98 Å². The predicted octanol–water partition coefficient (Wildman–Crippen LogP) is 3.64. The number of aromatic carboxylic acids is 1. The molecule has 2 aromatic rings. The van der Waals surface area contributed by atoms with Crippen LogP contribution in [-0.2, 0) is 11.2 Å². The van der Waals surface area contributed by atoms with Crippen LogP contribution < -0.4 is 5.32 Å². The number of amides is 1. The Hall–Kier alpha value is -1.63. The maximum Gasteiger partial charge on any atom is 0.347 e. The summed E-state index contributed by atoms with van der Waals surface area (Å²) in [5, 5.41) is 12.8. The number of halogens is 2. The lowest BCUT2D eigenvalue weighted by molar-refractivity contribution is -0.115. The fourth-order valence-corrected chi connectivity index (χ4v) is 3.01. The summed E-state index contributed by atoms with van der Waals surface area (Å²) in [5.74, 6) is -1.37. The Morgan fingerprint density at radius 1 is 1.38 bits per heavy atom. The molecule has 8 heteroatoms. The predicted molar refractivity (Wildman–Crippen MR) is 82.6 cm³/mol. The quantitative estimate of drug-likeness (QED) is 0.887. The number of carboxylic acids is 1. The molecule has 0 unspecified atom stereocenters. The van der Waals surface area contributed by atoms with E-state index in [0.29, 0.717) is 26.4 Å². The number of carboxylic acid groups (broad SMARTS) is 1. The van der Waals surface area contributed by atoms with Gasteiger partial charge >= 0.3 is 5.97 Å².